The van der Waals surface area contributed by atoms with Crippen LogP contribution in [0.5, 0.6) is 0 Å². The number of anilines is 1. The van der Waals surface area contributed by atoms with E-state index in [1.165, 1.54) is 47.4 Å². The second kappa shape index (κ2) is 8.79. The minimum absolute atomic E-state index is 0.103. The lowest BCUT2D eigenvalue weighted by molar-refractivity contribution is -0.118. The van der Waals surface area contributed by atoms with Gasteiger partial charge in [-0.25, -0.2) is 9.37 Å². The second-order valence-corrected chi connectivity index (χ2v) is 7.67. The number of nitrogens with zero attached hydrogens (tertiary/aromatic N) is 1. The zero-order chi connectivity index (χ0) is 19.2. The summed E-state index contributed by atoms with van der Waals surface area (Å²) < 4.78 is 13.7. The molecule has 0 aliphatic rings. The first-order valence-electron chi connectivity index (χ1n) is 8.03. The summed E-state index contributed by atoms with van der Waals surface area (Å²) in [5.74, 6) is -0.613. The van der Waals surface area contributed by atoms with Crippen molar-refractivity contribution in [1.29, 1.82) is 0 Å². The molecule has 3 aromatic rings. The quantitative estimate of drug-likeness (QED) is 0.612. The fourth-order valence-electron chi connectivity index (χ4n) is 2.21. The van der Waals surface area contributed by atoms with Crippen molar-refractivity contribution in [1.82, 2.24) is 10.3 Å². The molecule has 8 heteroatoms. The molecule has 0 saturated carbocycles. The topological polar surface area (TPSA) is 71.1 Å². The maximum atomic E-state index is 13.1. The molecule has 138 valence electrons. The molecule has 0 atom stereocenters. The summed E-state index contributed by atoms with van der Waals surface area (Å²) >= 11 is 2.60. The number of thioether (sulfide) groups is 1. The average molecular weight is 401 g/mol. The molecule has 2 amide bonds. The number of aromatic nitrogens is 1. The molecule has 5 nitrogen and oxygen atoms in total. The van der Waals surface area contributed by atoms with Gasteiger partial charge in [0.05, 0.1) is 5.75 Å². The Morgan fingerprint density at radius 3 is 2.48 bits per heavy atom. The number of halogens is 1. The number of nitrogens with one attached hydrogen (secondary N) is 2. The molecule has 0 unspecified atom stereocenters. The molecule has 0 spiro atoms. The van der Waals surface area contributed by atoms with Gasteiger partial charge in [-0.1, -0.05) is 53.4 Å². The Morgan fingerprint density at radius 2 is 1.81 bits per heavy atom. The van der Waals surface area contributed by atoms with Crippen LogP contribution in [0, 0.1) is 5.82 Å². The van der Waals surface area contributed by atoms with Crippen LogP contribution in [0.3, 0.4) is 0 Å². The Labute approximate surface area is 164 Å². The van der Waals surface area contributed by atoms with Crippen molar-refractivity contribution in [2.45, 2.75) is 4.34 Å². The largest absolute Gasteiger partial charge is 0.358 e. The zero-order valence-corrected chi connectivity index (χ0v) is 16.0. The van der Waals surface area contributed by atoms with E-state index in [0.717, 1.165) is 5.56 Å². The van der Waals surface area contributed by atoms with Gasteiger partial charge in [-0.15, -0.1) is 0 Å². The Hall–Kier alpha value is -2.71. The Bertz CT molecular complexity index is 943. The highest BCUT2D eigenvalue weighted by Crippen LogP contribution is 2.37. The Morgan fingerprint density at radius 1 is 1.11 bits per heavy atom. The summed E-state index contributed by atoms with van der Waals surface area (Å²) in [5, 5.41) is 5.99. The number of hydrogen-bond donors (Lipinski definition) is 2. The van der Waals surface area contributed by atoms with Gasteiger partial charge in [0.2, 0.25) is 5.91 Å². The van der Waals surface area contributed by atoms with Crippen molar-refractivity contribution in [3.8, 4) is 11.3 Å². The number of carbonyl (C=O) groups is 2. The van der Waals surface area contributed by atoms with Crippen molar-refractivity contribution >= 4 is 39.9 Å². The van der Waals surface area contributed by atoms with Crippen LogP contribution in [0.15, 0.2) is 58.9 Å². The summed E-state index contributed by atoms with van der Waals surface area (Å²) in [4.78, 5) is 28.6. The van der Waals surface area contributed by atoms with Crippen molar-refractivity contribution in [3.63, 3.8) is 0 Å². The van der Waals surface area contributed by atoms with Gasteiger partial charge in [0, 0.05) is 18.2 Å². The Kier molecular flexibility index (Phi) is 6.20. The summed E-state index contributed by atoms with van der Waals surface area (Å²) in [6.45, 7) is 0. The standard InChI is InChI=1S/C19H16FN3O2S2/c1-21-15(24)11-26-19-22-16(12-5-3-2-4-6-12)18(27-19)23-17(25)13-7-9-14(20)10-8-13/h2-10H,11H2,1H3,(H,21,24)(H,23,25). The van der Waals surface area contributed by atoms with E-state index in [2.05, 4.69) is 15.6 Å². The van der Waals surface area contributed by atoms with Crippen molar-refractivity contribution < 1.29 is 14.0 Å². The van der Waals surface area contributed by atoms with Gasteiger partial charge in [0.15, 0.2) is 4.34 Å². The first kappa shape index (κ1) is 19.1. The van der Waals surface area contributed by atoms with Crippen LogP contribution in [-0.2, 0) is 4.79 Å². The number of hydrogen-bond acceptors (Lipinski definition) is 5. The van der Waals surface area contributed by atoms with Gasteiger partial charge < -0.3 is 10.6 Å². The number of rotatable bonds is 6. The molecule has 2 aromatic carbocycles. The molecule has 0 fully saturated rings. The lowest BCUT2D eigenvalue weighted by Crippen LogP contribution is -2.19. The van der Waals surface area contributed by atoms with Crippen molar-refractivity contribution in [2.24, 2.45) is 0 Å². The molecule has 0 bridgehead atoms. The predicted molar refractivity (Wildman–Crippen MR) is 107 cm³/mol. The zero-order valence-electron chi connectivity index (χ0n) is 14.4. The van der Waals surface area contributed by atoms with E-state index in [9.17, 15) is 14.0 Å². The molecular formula is C19H16FN3O2S2. The highest BCUT2D eigenvalue weighted by atomic mass is 32.2. The molecule has 0 aliphatic heterocycles. The molecule has 2 N–H and O–H groups in total. The van der Waals surface area contributed by atoms with Crippen LogP contribution in [0.2, 0.25) is 0 Å². The van der Waals surface area contributed by atoms with Crippen LogP contribution >= 0.6 is 23.1 Å². The average Bonchev–Trinajstić information content (AvgIpc) is 3.10. The number of amides is 2. The highest BCUT2D eigenvalue weighted by molar-refractivity contribution is 8.01. The second-order valence-electron chi connectivity index (χ2n) is 5.45. The SMILES string of the molecule is CNC(=O)CSc1nc(-c2ccccc2)c(NC(=O)c2ccc(F)cc2)s1. The minimum Gasteiger partial charge on any atom is -0.358 e. The smallest absolute Gasteiger partial charge is 0.256 e. The first-order chi connectivity index (χ1) is 13.1. The summed E-state index contributed by atoms with van der Waals surface area (Å²) in [6, 6.07) is 14.8. The van der Waals surface area contributed by atoms with E-state index in [-0.39, 0.29) is 17.6 Å². The van der Waals surface area contributed by atoms with Gasteiger partial charge in [-0.2, -0.15) is 0 Å². The third-order valence-electron chi connectivity index (χ3n) is 3.59. The fraction of sp³-hybridized carbons (Fsp3) is 0.105. The molecule has 27 heavy (non-hydrogen) atoms. The van der Waals surface area contributed by atoms with E-state index in [4.69, 9.17) is 0 Å². The maximum Gasteiger partial charge on any atom is 0.256 e. The summed E-state index contributed by atoms with van der Waals surface area (Å²) in [7, 11) is 1.58. The lowest BCUT2D eigenvalue weighted by Gasteiger charge is -2.05. The van der Waals surface area contributed by atoms with E-state index >= 15 is 0 Å². The van der Waals surface area contributed by atoms with Crippen LogP contribution in [0.1, 0.15) is 10.4 Å². The Balaban J connectivity index is 1.87. The van der Waals surface area contributed by atoms with Gasteiger partial charge in [-0.05, 0) is 24.3 Å². The molecular weight excluding hydrogens is 385 g/mol. The normalized spacial score (nSPS) is 10.4. The molecule has 1 heterocycles. The van der Waals surface area contributed by atoms with E-state index in [1.807, 2.05) is 30.3 Å². The number of benzene rings is 2. The van der Waals surface area contributed by atoms with E-state index in [0.29, 0.717) is 20.6 Å². The van der Waals surface area contributed by atoms with Crippen LogP contribution in [0.25, 0.3) is 11.3 Å². The lowest BCUT2D eigenvalue weighted by atomic mass is 10.1. The maximum absolute atomic E-state index is 13.1. The van der Waals surface area contributed by atoms with E-state index < -0.39 is 5.82 Å². The van der Waals surface area contributed by atoms with Gasteiger partial charge in [0.25, 0.3) is 5.91 Å². The van der Waals surface area contributed by atoms with Crippen molar-refractivity contribution in [2.75, 3.05) is 18.1 Å². The van der Waals surface area contributed by atoms with Crippen molar-refractivity contribution in [3.05, 3.63) is 66.0 Å². The fourth-order valence-corrected chi connectivity index (χ4v) is 4.15. The van der Waals surface area contributed by atoms with Crippen LogP contribution < -0.4 is 10.6 Å². The first-order valence-corrected chi connectivity index (χ1v) is 9.83. The summed E-state index contributed by atoms with van der Waals surface area (Å²) in [5.41, 5.74) is 1.84. The molecule has 0 radical (unpaired) electrons. The molecule has 1 aromatic heterocycles. The number of thiazole rings is 1. The van der Waals surface area contributed by atoms with Crippen LogP contribution in [0.4, 0.5) is 9.39 Å². The van der Waals surface area contributed by atoms with Gasteiger partial charge >= 0.3 is 0 Å². The predicted octanol–water partition coefficient (Wildman–Crippen LogP) is 4.04. The third-order valence-corrected chi connectivity index (χ3v) is 5.71. The van der Waals surface area contributed by atoms with Gasteiger partial charge in [0.1, 0.15) is 16.5 Å². The van der Waals surface area contributed by atoms with Crippen LogP contribution in [-0.4, -0.2) is 29.6 Å². The van der Waals surface area contributed by atoms with Gasteiger partial charge in [-0.3, -0.25) is 9.59 Å². The summed E-state index contributed by atoms with van der Waals surface area (Å²) in [6.07, 6.45) is 0. The minimum atomic E-state index is -0.401. The molecule has 0 aliphatic carbocycles. The highest BCUT2D eigenvalue weighted by Gasteiger charge is 2.17. The monoisotopic (exact) mass is 401 g/mol. The molecule has 3 rings (SSSR count). The third kappa shape index (κ3) is 4.93. The molecule has 0 saturated heterocycles. The number of carbonyl (C=O) groups excluding carboxylic acids is 2. The van der Waals surface area contributed by atoms with E-state index in [1.54, 1.807) is 7.05 Å².